The van der Waals surface area contributed by atoms with Crippen molar-refractivity contribution in [3.8, 4) is 0 Å². The first kappa shape index (κ1) is 13.8. The number of ether oxygens (including phenoxy) is 1. The molecule has 1 saturated heterocycles. The number of nitrogens with two attached hydrogens (primary N) is 1. The van der Waals surface area contributed by atoms with E-state index in [1.54, 1.807) is 11.3 Å². The Labute approximate surface area is 123 Å². The molecular formula is C14H21ClN2OS. The molecule has 1 aromatic heterocycles. The standard InChI is InChI=1S/C14H21ClN2OS/c1-9(16)14(12-5-6-13(15)19-12)17-7-8-18-11-4-2-3-10(11)17/h5-6,9-11,14H,2-4,7-8,16H2,1H3. The predicted octanol–water partition coefficient (Wildman–Crippen LogP) is 3.04. The molecule has 4 unspecified atom stereocenters. The van der Waals surface area contributed by atoms with Crippen LogP contribution in [0.4, 0.5) is 0 Å². The van der Waals surface area contributed by atoms with E-state index in [1.165, 1.54) is 24.1 Å². The zero-order valence-electron chi connectivity index (χ0n) is 11.2. The Morgan fingerprint density at radius 3 is 3.00 bits per heavy atom. The van der Waals surface area contributed by atoms with Crippen molar-refractivity contribution in [3.05, 3.63) is 21.3 Å². The van der Waals surface area contributed by atoms with E-state index in [9.17, 15) is 0 Å². The fraction of sp³-hybridized carbons (Fsp3) is 0.714. The van der Waals surface area contributed by atoms with Crippen LogP contribution in [0.3, 0.4) is 0 Å². The lowest BCUT2D eigenvalue weighted by atomic mass is 10.0. The van der Waals surface area contributed by atoms with Crippen LogP contribution in [0.2, 0.25) is 4.34 Å². The van der Waals surface area contributed by atoms with Gasteiger partial charge in [-0.2, -0.15) is 0 Å². The maximum absolute atomic E-state index is 6.27. The first-order valence-electron chi connectivity index (χ1n) is 7.05. The van der Waals surface area contributed by atoms with E-state index in [-0.39, 0.29) is 12.1 Å². The van der Waals surface area contributed by atoms with Gasteiger partial charge in [-0.25, -0.2) is 0 Å². The Morgan fingerprint density at radius 2 is 2.32 bits per heavy atom. The van der Waals surface area contributed by atoms with Crippen molar-refractivity contribution in [2.45, 2.75) is 50.4 Å². The van der Waals surface area contributed by atoms with E-state index >= 15 is 0 Å². The van der Waals surface area contributed by atoms with Gasteiger partial charge in [-0.3, -0.25) is 4.90 Å². The first-order valence-corrected chi connectivity index (χ1v) is 8.24. The fourth-order valence-electron chi connectivity index (χ4n) is 3.51. The Hall–Kier alpha value is -0.130. The van der Waals surface area contributed by atoms with Crippen molar-refractivity contribution < 1.29 is 4.74 Å². The molecule has 1 saturated carbocycles. The minimum atomic E-state index is 0.106. The summed E-state index contributed by atoms with van der Waals surface area (Å²) in [5, 5.41) is 0. The number of rotatable bonds is 3. The molecule has 2 heterocycles. The zero-order chi connectivity index (χ0) is 13.4. The average molecular weight is 301 g/mol. The van der Waals surface area contributed by atoms with Crippen LogP contribution >= 0.6 is 22.9 Å². The lowest BCUT2D eigenvalue weighted by molar-refractivity contribution is -0.0747. The number of hydrogen-bond acceptors (Lipinski definition) is 4. The Kier molecular flexibility index (Phi) is 4.15. The number of fused-ring (bicyclic) bond motifs is 1. The van der Waals surface area contributed by atoms with Gasteiger partial charge in [0.1, 0.15) is 0 Å². The van der Waals surface area contributed by atoms with Crippen LogP contribution < -0.4 is 5.73 Å². The molecule has 3 nitrogen and oxygen atoms in total. The molecule has 2 N–H and O–H groups in total. The summed E-state index contributed by atoms with van der Waals surface area (Å²) in [5.41, 5.74) is 6.27. The molecule has 0 spiro atoms. The number of halogens is 1. The fourth-order valence-corrected chi connectivity index (χ4v) is 4.81. The molecule has 1 aliphatic heterocycles. The van der Waals surface area contributed by atoms with Gasteiger partial charge in [-0.1, -0.05) is 11.6 Å². The van der Waals surface area contributed by atoms with E-state index in [2.05, 4.69) is 17.9 Å². The van der Waals surface area contributed by atoms with Gasteiger partial charge in [0.2, 0.25) is 0 Å². The van der Waals surface area contributed by atoms with Crippen LogP contribution in [-0.4, -0.2) is 36.2 Å². The quantitative estimate of drug-likeness (QED) is 0.932. The SMILES string of the molecule is CC(N)C(c1ccc(Cl)s1)N1CCOC2CCCC21. The summed E-state index contributed by atoms with van der Waals surface area (Å²) >= 11 is 7.75. The van der Waals surface area contributed by atoms with Crippen LogP contribution in [-0.2, 0) is 4.74 Å². The van der Waals surface area contributed by atoms with Crippen molar-refractivity contribution in [3.63, 3.8) is 0 Å². The highest BCUT2D eigenvalue weighted by atomic mass is 35.5. The van der Waals surface area contributed by atoms with Gasteiger partial charge < -0.3 is 10.5 Å². The van der Waals surface area contributed by atoms with Crippen LogP contribution in [0.5, 0.6) is 0 Å². The predicted molar refractivity (Wildman–Crippen MR) is 79.8 cm³/mol. The largest absolute Gasteiger partial charge is 0.375 e. The molecule has 2 aliphatic rings. The smallest absolute Gasteiger partial charge is 0.0931 e. The second kappa shape index (κ2) is 5.70. The maximum atomic E-state index is 6.27. The number of hydrogen-bond donors (Lipinski definition) is 1. The maximum Gasteiger partial charge on any atom is 0.0931 e. The highest BCUT2D eigenvalue weighted by Gasteiger charge is 2.40. The van der Waals surface area contributed by atoms with Crippen molar-refractivity contribution in [2.24, 2.45) is 5.73 Å². The van der Waals surface area contributed by atoms with Crippen molar-refractivity contribution in [2.75, 3.05) is 13.2 Å². The lowest BCUT2D eigenvalue weighted by Crippen LogP contribution is -2.53. The molecular weight excluding hydrogens is 280 g/mol. The van der Waals surface area contributed by atoms with Gasteiger partial charge in [-0.15, -0.1) is 11.3 Å². The van der Waals surface area contributed by atoms with Crippen molar-refractivity contribution in [1.29, 1.82) is 0 Å². The summed E-state index contributed by atoms with van der Waals surface area (Å²) in [6.45, 7) is 3.89. The monoisotopic (exact) mass is 300 g/mol. The normalized spacial score (nSPS) is 31.1. The molecule has 2 fully saturated rings. The molecule has 5 heteroatoms. The summed E-state index contributed by atoms with van der Waals surface area (Å²) in [5.74, 6) is 0. The molecule has 4 atom stereocenters. The van der Waals surface area contributed by atoms with Crippen molar-refractivity contribution in [1.82, 2.24) is 4.90 Å². The third-order valence-electron chi connectivity index (χ3n) is 4.27. The van der Waals surface area contributed by atoms with Gasteiger partial charge >= 0.3 is 0 Å². The number of nitrogens with zero attached hydrogens (tertiary/aromatic N) is 1. The highest BCUT2D eigenvalue weighted by Crippen LogP contribution is 2.39. The molecule has 0 radical (unpaired) electrons. The van der Waals surface area contributed by atoms with E-state index < -0.39 is 0 Å². The lowest BCUT2D eigenvalue weighted by Gasteiger charge is -2.43. The first-order chi connectivity index (χ1) is 9.16. The second-order valence-corrected chi connectivity index (χ2v) is 7.34. The number of morpholine rings is 1. The van der Waals surface area contributed by atoms with Crippen LogP contribution in [0.25, 0.3) is 0 Å². The Morgan fingerprint density at radius 1 is 1.47 bits per heavy atom. The van der Waals surface area contributed by atoms with E-state index in [4.69, 9.17) is 22.1 Å². The minimum Gasteiger partial charge on any atom is -0.375 e. The Bertz CT molecular complexity index is 437. The van der Waals surface area contributed by atoms with Crippen molar-refractivity contribution >= 4 is 22.9 Å². The molecule has 0 aromatic carbocycles. The number of thiophene rings is 1. The van der Waals surface area contributed by atoms with Crippen LogP contribution in [0.15, 0.2) is 12.1 Å². The van der Waals surface area contributed by atoms with Gasteiger partial charge in [0, 0.05) is 23.5 Å². The van der Waals surface area contributed by atoms with Crippen LogP contribution in [0, 0.1) is 0 Å². The molecule has 106 valence electrons. The van der Waals surface area contributed by atoms with E-state index in [0.29, 0.717) is 12.1 Å². The van der Waals surface area contributed by atoms with E-state index in [0.717, 1.165) is 17.5 Å². The Balaban J connectivity index is 1.87. The topological polar surface area (TPSA) is 38.5 Å². The van der Waals surface area contributed by atoms with Gasteiger partial charge in [0.25, 0.3) is 0 Å². The second-order valence-electron chi connectivity index (χ2n) is 5.59. The van der Waals surface area contributed by atoms with E-state index in [1.807, 2.05) is 6.07 Å². The zero-order valence-corrected chi connectivity index (χ0v) is 12.8. The molecule has 1 aliphatic carbocycles. The third kappa shape index (κ3) is 2.69. The van der Waals surface area contributed by atoms with Gasteiger partial charge in [-0.05, 0) is 38.3 Å². The molecule has 1 aromatic rings. The molecule has 0 bridgehead atoms. The summed E-state index contributed by atoms with van der Waals surface area (Å²) in [7, 11) is 0. The summed E-state index contributed by atoms with van der Waals surface area (Å²) in [6, 6.07) is 5.01. The molecule has 19 heavy (non-hydrogen) atoms. The summed E-state index contributed by atoms with van der Waals surface area (Å²) in [6.07, 6.45) is 4.10. The highest BCUT2D eigenvalue weighted by molar-refractivity contribution is 7.16. The summed E-state index contributed by atoms with van der Waals surface area (Å²) < 4.78 is 6.74. The minimum absolute atomic E-state index is 0.106. The average Bonchev–Trinajstić information content (AvgIpc) is 2.98. The molecule has 0 amide bonds. The summed E-state index contributed by atoms with van der Waals surface area (Å²) in [4.78, 5) is 3.85. The van der Waals surface area contributed by atoms with Gasteiger partial charge in [0.15, 0.2) is 0 Å². The molecule has 3 rings (SSSR count). The third-order valence-corrected chi connectivity index (χ3v) is 5.57. The van der Waals surface area contributed by atoms with Gasteiger partial charge in [0.05, 0.1) is 23.1 Å². The van der Waals surface area contributed by atoms with Crippen LogP contribution in [0.1, 0.15) is 37.1 Å².